The van der Waals surface area contributed by atoms with Crippen molar-refractivity contribution in [2.75, 3.05) is 20.3 Å². The van der Waals surface area contributed by atoms with Crippen LogP contribution in [0, 0.1) is 5.92 Å². The molecule has 0 aromatic heterocycles. The van der Waals surface area contributed by atoms with Gasteiger partial charge in [0.1, 0.15) is 0 Å². The molecule has 6 nitrogen and oxygen atoms in total. The SMILES string of the molecule is COC(=O)CCCC(I)C1C[C@@]2([Se]c3ccccc3)[C@H](C[C@@H](OC3CCCCO3)[C@@H]2CO[Si](C)(C)C(C)(C)C)O1. The minimum absolute atomic E-state index is 0.00745. The molecule has 2 aliphatic heterocycles. The maximum atomic E-state index is 11.7. The van der Waals surface area contributed by atoms with Crippen LogP contribution in [0.15, 0.2) is 30.3 Å². The van der Waals surface area contributed by atoms with Gasteiger partial charge in [-0.2, -0.15) is 0 Å². The summed E-state index contributed by atoms with van der Waals surface area (Å²) >= 11 is 2.75. The van der Waals surface area contributed by atoms with Gasteiger partial charge < -0.3 is 0 Å². The summed E-state index contributed by atoms with van der Waals surface area (Å²) in [4.78, 5) is 11.7. The summed E-state index contributed by atoms with van der Waals surface area (Å²) in [6.45, 7) is 13.1. The van der Waals surface area contributed by atoms with Gasteiger partial charge in [0.25, 0.3) is 0 Å². The summed E-state index contributed by atoms with van der Waals surface area (Å²) in [5, 5.41) is 0.146. The summed E-state index contributed by atoms with van der Waals surface area (Å²) in [6, 6.07) is 11.0. The van der Waals surface area contributed by atoms with E-state index in [0.29, 0.717) is 17.0 Å². The first kappa shape index (κ1) is 32.9. The standard InChI is InChI=1S/C31H49IO6SeSi/c1-30(2,3)40(5,6)36-21-23-25(38-29-17-10-11-18-35-29)19-27-31(23,39-22-13-8-7-9-14-22)20-26(37-27)24(32)15-12-16-28(33)34-4/h7-9,13-14,23-27,29H,10-12,15-21H2,1-6H3/t23-,24?,25+,26?,27-,29?,31-/m0/s1. The Morgan fingerprint density at radius 3 is 2.62 bits per heavy atom. The molecule has 3 aliphatic rings. The molecule has 2 saturated heterocycles. The molecule has 1 aromatic rings. The van der Waals surface area contributed by atoms with Gasteiger partial charge in [-0.05, 0) is 0 Å². The molecule has 9 heteroatoms. The van der Waals surface area contributed by atoms with Gasteiger partial charge in [0.2, 0.25) is 0 Å². The van der Waals surface area contributed by atoms with Gasteiger partial charge in [-0.15, -0.1) is 0 Å². The molecule has 0 radical (unpaired) electrons. The van der Waals surface area contributed by atoms with Crippen molar-refractivity contribution in [3.8, 4) is 0 Å². The van der Waals surface area contributed by atoms with Crippen molar-refractivity contribution in [2.24, 2.45) is 5.92 Å². The number of carbonyl (C=O) groups excluding carboxylic acids is 1. The molecule has 1 aliphatic carbocycles. The summed E-state index contributed by atoms with van der Waals surface area (Å²) in [5.41, 5.74) is 0. The monoisotopic (exact) mass is 752 g/mol. The third kappa shape index (κ3) is 7.93. The fourth-order valence-corrected chi connectivity index (χ4v) is 11.2. The maximum absolute atomic E-state index is 11.7. The first-order valence-corrected chi connectivity index (χ1v) is 20.8. The van der Waals surface area contributed by atoms with Crippen LogP contribution in [0.5, 0.6) is 0 Å². The topological polar surface area (TPSA) is 63.2 Å². The van der Waals surface area contributed by atoms with Crippen molar-refractivity contribution in [1.29, 1.82) is 0 Å². The van der Waals surface area contributed by atoms with E-state index in [0.717, 1.165) is 51.6 Å². The number of carbonyl (C=O) groups is 1. The van der Waals surface area contributed by atoms with Crippen LogP contribution in [-0.2, 0) is 28.2 Å². The van der Waals surface area contributed by atoms with Gasteiger partial charge in [0.05, 0.1) is 0 Å². The molecule has 0 spiro atoms. The molecular weight excluding hydrogens is 702 g/mol. The van der Waals surface area contributed by atoms with Crippen LogP contribution >= 0.6 is 22.6 Å². The molecule has 7 atom stereocenters. The quantitative estimate of drug-likeness (QED) is 0.106. The molecule has 0 amide bonds. The molecule has 0 bridgehead atoms. The van der Waals surface area contributed by atoms with E-state index < -0.39 is 8.32 Å². The van der Waals surface area contributed by atoms with E-state index in [1.54, 1.807) is 0 Å². The van der Waals surface area contributed by atoms with Gasteiger partial charge in [0, 0.05) is 0 Å². The number of alkyl halides is 1. The molecule has 0 N–H and O–H groups in total. The Hall–Kier alpha value is -0.00364. The normalized spacial score (nSPS) is 31.6. The summed E-state index contributed by atoms with van der Waals surface area (Å²) in [5.74, 6) is 0.116. The van der Waals surface area contributed by atoms with E-state index in [2.05, 4.69) is 86.8 Å². The second-order valence-corrected chi connectivity index (χ2v) is 22.5. The van der Waals surface area contributed by atoms with E-state index in [4.69, 9.17) is 23.4 Å². The summed E-state index contributed by atoms with van der Waals surface area (Å²) in [6.07, 6.45) is 7.61. The van der Waals surface area contributed by atoms with E-state index in [1.165, 1.54) is 11.6 Å². The predicted octanol–water partition coefficient (Wildman–Crippen LogP) is 6.43. The molecule has 1 saturated carbocycles. The van der Waals surface area contributed by atoms with Gasteiger partial charge in [-0.25, -0.2) is 0 Å². The van der Waals surface area contributed by atoms with Crippen molar-refractivity contribution in [1.82, 2.24) is 0 Å². The first-order valence-electron chi connectivity index (χ1n) is 15.0. The van der Waals surface area contributed by atoms with Crippen molar-refractivity contribution in [2.45, 2.75) is 123 Å². The second kappa shape index (κ2) is 14.2. The van der Waals surface area contributed by atoms with Crippen LogP contribution in [0.1, 0.15) is 72.1 Å². The number of esters is 1. The Kier molecular flexibility index (Phi) is 11.7. The molecule has 1 aromatic carbocycles. The number of methoxy groups -OCH3 is 1. The summed E-state index contributed by atoms with van der Waals surface area (Å²) < 4.78 is 33.4. The van der Waals surface area contributed by atoms with Crippen LogP contribution in [0.2, 0.25) is 22.4 Å². The zero-order chi connectivity index (χ0) is 29.0. The van der Waals surface area contributed by atoms with Gasteiger partial charge >= 0.3 is 264 Å². The molecule has 40 heavy (non-hydrogen) atoms. The zero-order valence-electron chi connectivity index (χ0n) is 25.2. The molecule has 226 valence electrons. The number of fused-ring (bicyclic) bond motifs is 1. The zero-order valence-corrected chi connectivity index (χ0v) is 30.0. The third-order valence-electron chi connectivity index (χ3n) is 9.36. The van der Waals surface area contributed by atoms with Gasteiger partial charge in [0.15, 0.2) is 0 Å². The fourth-order valence-electron chi connectivity index (χ4n) is 5.92. The third-order valence-corrected chi connectivity index (χ3v) is 18.7. The molecule has 2 heterocycles. The Bertz CT molecular complexity index is 953. The van der Waals surface area contributed by atoms with Crippen LogP contribution < -0.4 is 4.46 Å². The Morgan fingerprint density at radius 1 is 1.23 bits per heavy atom. The Labute approximate surface area is 262 Å². The van der Waals surface area contributed by atoms with Gasteiger partial charge in [-0.1, -0.05) is 0 Å². The predicted molar refractivity (Wildman–Crippen MR) is 171 cm³/mol. The average molecular weight is 752 g/mol. The van der Waals surface area contributed by atoms with Crippen LogP contribution in [-0.4, -0.2) is 78.1 Å². The number of rotatable bonds is 12. The molecule has 3 fully saturated rings. The average Bonchev–Trinajstić information content (AvgIpc) is 3.39. The fraction of sp³-hybridized carbons (Fsp3) is 0.774. The first-order chi connectivity index (χ1) is 18.9. The van der Waals surface area contributed by atoms with Crippen LogP contribution in [0.4, 0.5) is 0 Å². The number of halogens is 1. The summed E-state index contributed by atoms with van der Waals surface area (Å²) in [7, 11) is -0.498. The molecule has 3 unspecified atom stereocenters. The number of hydrogen-bond donors (Lipinski definition) is 0. The number of ether oxygens (including phenoxy) is 4. The number of benzene rings is 1. The van der Waals surface area contributed by atoms with Crippen molar-refractivity contribution in [3.05, 3.63) is 30.3 Å². The van der Waals surface area contributed by atoms with Crippen LogP contribution in [0.3, 0.4) is 0 Å². The Balaban J connectivity index is 1.60. The van der Waals surface area contributed by atoms with Gasteiger partial charge in [-0.3, -0.25) is 0 Å². The van der Waals surface area contributed by atoms with E-state index in [1.807, 2.05) is 0 Å². The minimum atomic E-state index is -1.96. The molecule has 4 rings (SSSR count). The number of hydrogen-bond acceptors (Lipinski definition) is 6. The Morgan fingerprint density at radius 2 is 1.98 bits per heavy atom. The van der Waals surface area contributed by atoms with E-state index in [-0.39, 0.29) is 60.8 Å². The van der Waals surface area contributed by atoms with Crippen molar-refractivity contribution in [3.63, 3.8) is 0 Å². The second-order valence-electron chi connectivity index (χ2n) is 13.1. The molecular formula is C31H49IO6SeSi. The van der Waals surface area contributed by atoms with E-state index in [9.17, 15) is 4.79 Å². The van der Waals surface area contributed by atoms with Crippen LogP contribution in [0.25, 0.3) is 0 Å². The van der Waals surface area contributed by atoms with Crippen molar-refractivity contribution < 1.29 is 28.2 Å². The van der Waals surface area contributed by atoms with Crippen molar-refractivity contribution >= 4 is 56.3 Å². The van der Waals surface area contributed by atoms with E-state index >= 15 is 0 Å².